The highest BCUT2D eigenvalue weighted by atomic mass is 19.1. The topological polar surface area (TPSA) is 82.5 Å². The lowest BCUT2D eigenvalue weighted by Crippen LogP contribution is -2.34. The number of carbonyl (C=O) groups is 1. The van der Waals surface area contributed by atoms with E-state index < -0.39 is 11.9 Å². The fraction of sp³-hybridized carbons (Fsp3) is 0.357. The Labute approximate surface area is 115 Å². The Morgan fingerprint density at radius 2 is 2.25 bits per heavy atom. The summed E-state index contributed by atoms with van der Waals surface area (Å²) in [4.78, 5) is 17.3. The van der Waals surface area contributed by atoms with E-state index in [-0.39, 0.29) is 17.4 Å². The molecule has 20 heavy (non-hydrogen) atoms. The van der Waals surface area contributed by atoms with Crippen molar-refractivity contribution in [2.75, 3.05) is 6.54 Å². The number of urea groups is 1. The van der Waals surface area contributed by atoms with Gasteiger partial charge in [0.2, 0.25) is 0 Å². The molecule has 0 spiro atoms. The Morgan fingerprint density at radius 3 is 2.90 bits per heavy atom. The maximum absolute atomic E-state index is 13.4. The third-order valence-electron chi connectivity index (χ3n) is 3.64. The molecule has 2 aliphatic rings. The van der Waals surface area contributed by atoms with Crippen LogP contribution in [0.3, 0.4) is 0 Å². The van der Waals surface area contributed by atoms with Gasteiger partial charge in [-0.3, -0.25) is 0 Å². The second kappa shape index (κ2) is 4.60. The Balaban J connectivity index is 1.95. The molecule has 1 aliphatic carbocycles. The van der Waals surface area contributed by atoms with Crippen LogP contribution in [0.5, 0.6) is 0 Å². The number of hydrogen-bond donors (Lipinski definition) is 1. The van der Waals surface area contributed by atoms with Gasteiger partial charge in [0, 0.05) is 6.54 Å². The quantitative estimate of drug-likeness (QED) is 0.912. The molecule has 0 saturated heterocycles. The maximum atomic E-state index is 13.4. The molecule has 1 aromatic rings. The molecule has 1 heterocycles. The highest BCUT2D eigenvalue weighted by molar-refractivity contribution is 6.03. The van der Waals surface area contributed by atoms with Crippen LogP contribution in [0.25, 0.3) is 0 Å². The third kappa shape index (κ3) is 2.11. The van der Waals surface area contributed by atoms with Gasteiger partial charge in [0.1, 0.15) is 23.8 Å². The van der Waals surface area contributed by atoms with Gasteiger partial charge in [-0.2, -0.15) is 10.3 Å². The fourth-order valence-electron chi connectivity index (χ4n) is 2.42. The highest BCUT2D eigenvalue weighted by Gasteiger charge is 2.38. The van der Waals surface area contributed by atoms with Crippen molar-refractivity contribution in [2.24, 2.45) is 16.6 Å². The van der Waals surface area contributed by atoms with Crippen LogP contribution in [0, 0.1) is 23.1 Å². The number of nitrogens with two attached hydrogens (primary N) is 1. The standard InChI is InChI=1S/C14H13FN4O/c15-11-4-3-9(5-10(11)6-16)12-13(17)18-14(20)19(12)7-8-1-2-8/h3-5,8,12H,1-2,7H2,(H2,17,18,20). The summed E-state index contributed by atoms with van der Waals surface area (Å²) >= 11 is 0. The Hall–Kier alpha value is -2.42. The van der Waals surface area contributed by atoms with E-state index in [0.29, 0.717) is 18.0 Å². The number of benzene rings is 1. The van der Waals surface area contributed by atoms with Crippen molar-refractivity contribution in [1.82, 2.24) is 4.90 Å². The summed E-state index contributed by atoms with van der Waals surface area (Å²) in [6.07, 6.45) is 2.20. The van der Waals surface area contributed by atoms with Crippen LogP contribution < -0.4 is 5.73 Å². The number of rotatable bonds is 3. The first-order valence-corrected chi connectivity index (χ1v) is 6.44. The Kier molecular flexibility index (Phi) is 2.90. The van der Waals surface area contributed by atoms with E-state index in [4.69, 9.17) is 11.0 Å². The summed E-state index contributed by atoms with van der Waals surface area (Å²) in [5.74, 6) is 0.120. The van der Waals surface area contributed by atoms with Gasteiger partial charge in [-0.05, 0) is 36.5 Å². The van der Waals surface area contributed by atoms with Crippen molar-refractivity contribution in [1.29, 1.82) is 5.26 Å². The second-order valence-electron chi connectivity index (χ2n) is 5.17. The monoisotopic (exact) mass is 272 g/mol. The fourth-order valence-corrected chi connectivity index (χ4v) is 2.42. The van der Waals surface area contributed by atoms with Crippen molar-refractivity contribution in [3.8, 4) is 6.07 Å². The van der Waals surface area contributed by atoms with Crippen LogP contribution in [0.4, 0.5) is 9.18 Å². The number of hydrogen-bond acceptors (Lipinski definition) is 3. The summed E-state index contributed by atoms with van der Waals surface area (Å²) < 4.78 is 13.4. The van der Waals surface area contributed by atoms with Crippen LogP contribution in [-0.4, -0.2) is 23.3 Å². The smallest absolute Gasteiger partial charge is 0.346 e. The number of nitrogens with zero attached hydrogens (tertiary/aromatic N) is 3. The minimum Gasteiger partial charge on any atom is -0.385 e. The van der Waals surface area contributed by atoms with Gasteiger partial charge in [-0.25, -0.2) is 9.18 Å². The number of nitriles is 1. The van der Waals surface area contributed by atoms with Gasteiger partial charge in [0.25, 0.3) is 0 Å². The third-order valence-corrected chi connectivity index (χ3v) is 3.64. The molecule has 3 rings (SSSR count). The molecule has 1 saturated carbocycles. The molecule has 1 atom stereocenters. The molecule has 1 aliphatic heterocycles. The van der Waals surface area contributed by atoms with E-state index in [1.807, 2.05) is 0 Å². The summed E-state index contributed by atoms with van der Waals surface area (Å²) in [5.41, 5.74) is 6.39. The number of halogens is 1. The molecule has 5 nitrogen and oxygen atoms in total. The molecule has 0 aromatic heterocycles. The van der Waals surface area contributed by atoms with Crippen LogP contribution >= 0.6 is 0 Å². The molecule has 0 radical (unpaired) electrons. The molecule has 2 amide bonds. The molecule has 2 N–H and O–H groups in total. The zero-order valence-corrected chi connectivity index (χ0v) is 10.7. The Bertz CT molecular complexity index is 645. The van der Waals surface area contributed by atoms with Crippen LogP contribution in [-0.2, 0) is 0 Å². The average molecular weight is 272 g/mol. The van der Waals surface area contributed by atoms with Crippen molar-refractivity contribution < 1.29 is 9.18 Å². The zero-order chi connectivity index (χ0) is 14.3. The molecule has 1 unspecified atom stereocenters. The summed E-state index contributed by atoms with van der Waals surface area (Å²) in [6.45, 7) is 0.604. The van der Waals surface area contributed by atoms with E-state index in [1.54, 1.807) is 17.0 Å². The zero-order valence-electron chi connectivity index (χ0n) is 10.7. The van der Waals surface area contributed by atoms with Crippen LogP contribution in [0.1, 0.15) is 30.0 Å². The van der Waals surface area contributed by atoms with Crippen molar-refractivity contribution >= 4 is 11.9 Å². The lowest BCUT2D eigenvalue weighted by atomic mass is 10.0. The maximum Gasteiger partial charge on any atom is 0.346 e. The predicted octanol–water partition coefficient (Wildman–Crippen LogP) is 1.94. The van der Waals surface area contributed by atoms with Gasteiger partial charge < -0.3 is 10.6 Å². The highest BCUT2D eigenvalue weighted by Crippen LogP contribution is 2.35. The molecule has 0 bridgehead atoms. The van der Waals surface area contributed by atoms with E-state index >= 15 is 0 Å². The number of amidine groups is 1. The number of aliphatic imine (C=N–C) groups is 1. The SMILES string of the molecule is N#Cc1cc(C2C(N)=NC(=O)N2CC2CC2)ccc1F. The van der Waals surface area contributed by atoms with Crippen molar-refractivity contribution in [3.63, 3.8) is 0 Å². The van der Waals surface area contributed by atoms with Crippen molar-refractivity contribution in [3.05, 3.63) is 35.1 Å². The minimum atomic E-state index is -0.579. The van der Waals surface area contributed by atoms with Gasteiger partial charge in [0.15, 0.2) is 0 Å². The average Bonchev–Trinajstić information content (AvgIpc) is 3.18. The van der Waals surface area contributed by atoms with Crippen molar-refractivity contribution in [2.45, 2.75) is 18.9 Å². The molecular weight excluding hydrogens is 259 g/mol. The van der Waals surface area contributed by atoms with Crippen LogP contribution in [0.2, 0.25) is 0 Å². The summed E-state index contributed by atoms with van der Waals surface area (Å²) in [7, 11) is 0. The molecular formula is C14H13FN4O. The molecule has 102 valence electrons. The lowest BCUT2D eigenvalue weighted by molar-refractivity contribution is 0.204. The van der Waals surface area contributed by atoms with Gasteiger partial charge in [-0.15, -0.1) is 0 Å². The number of carbonyl (C=O) groups excluding carboxylic acids is 1. The second-order valence-corrected chi connectivity index (χ2v) is 5.17. The first kappa shape index (κ1) is 12.6. The van der Waals surface area contributed by atoms with E-state index in [9.17, 15) is 9.18 Å². The normalized spacial score (nSPS) is 21.8. The minimum absolute atomic E-state index is 0.0546. The van der Waals surface area contributed by atoms with Gasteiger partial charge >= 0.3 is 6.03 Å². The summed E-state index contributed by atoms with van der Waals surface area (Å²) in [6, 6.07) is 5.14. The van der Waals surface area contributed by atoms with E-state index in [0.717, 1.165) is 12.8 Å². The molecule has 1 fully saturated rings. The van der Waals surface area contributed by atoms with E-state index in [1.165, 1.54) is 12.1 Å². The van der Waals surface area contributed by atoms with Gasteiger partial charge in [-0.1, -0.05) is 6.07 Å². The first-order chi connectivity index (χ1) is 9.60. The molecule has 6 heteroatoms. The van der Waals surface area contributed by atoms with E-state index in [2.05, 4.69) is 4.99 Å². The lowest BCUT2D eigenvalue weighted by Gasteiger charge is -2.24. The van der Waals surface area contributed by atoms with Gasteiger partial charge in [0.05, 0.1) is 5.56 Å². The number of amides is 2. The first-order valence-electron chi connectivity index (χ1n) is 6.44. The van der Waals surface area contributed by atoms with Crippen LogP contribution in [0.15, 0.2) is 23.2 Å². The predicted molar refractivity (Wildman–Crippen MR) is 70.3 cm³/mol. The summed E-state index contributed by atoms with van der Waals surface area (Å²) in [5, 5.41) is 8.89. The largest absolute Gasteiger partial charge is 0.385 e. The Morgan fingerprint density at radius 1 is 1.50 bits per heavy atom. The molecule has 1 aromatic carbocycles.